The first-order chi connectivity index (χ1) is 16.6. The first kappa shape index (κ1) is 20.0. The summed E-state index contributed by atoms with van der Waals surface area (Å²) in [5.41, 5.74) is 5.79. The number of nitrogens with zero attached hydrogens (tertiary/aromatic N) is 3. The average Bonchev–Trinajstić information content (AvgIpc) is 3.15. The molecule has 3 aromatic carbocycles. The molecule has 1 amide bonds. The van der Waals surface area contributed by atoms with Crippen molar-refractivity contribution < 1.29 is 9.59 Å². The summed E-state index contributed by atoms with van der Waals surface area (Å²) in [7, 11) is 0. The van der Waals surface area contributed by atoms with E-state index in [4.69, 9.17) is 4.98 Å². The fourth-order valence-electron chi connectivity index (χ4n) is 4.66. The average molecular weight is 441 g/mol. The zero-order valence-corrected chi connectivity index (χ0v) is 18.4. The number of para-hydroxylation sites is 3. The third kappa shape index (κ3) is 3.10. The normalized spacial score (nSPS) is 14.2. The maximum Gasteiger partial charge on any atom is 0.228 e. The summed E-state index contributed by atoms with van der Waals surface area (Å²) in [5.74, 6) is -0.401. The highest BCUT2D eigenvalue weighted by Crippen LogP contribution is 2.37. The molecule has 0 unspecified atom stereocenters. The second-order valence-electron chi connectivity index (χ2n) is 8.22. The van der Waals surface area contributed by atoms with E-state index in [1.54, 1.807) is 30.5 Å². The second kappa shape index (κ2) is 7.74. The summed E-state index contributed by atoms with van der Waals surface area (Å²) in [6.45, 7) is 1.46. The molecule has 5 aromatic rings. The van der Waals surface area contributed by atoms with Gasteiger partial charge >= 0.3 is 0 Å². The number of Topliss-reactive ketones (excluding diaryl/α,β-unsaturated/α-hetero) is 1. The number of hydrogen-bond acceptors (Lipinski definition) is 4. The molecule has 162 valence electrons. The maximum atomic E-state index is 13.2. The van der Waals surface area contributed by atoms with Gasteiger partial charge in [-0.3, -0.25) is 19.5 Å². The highest BCUT2D eigenvalue weighted by Gasteiger charge is 2.34. The molecule has 0 N–H and O–H groups in total. The lowest BCUT2D eigenvalue weighted by molar-refractivity contribution is -0.116. The summed E-state index contributed by atoms with van der Waals surface area (Å²) in [4.78, 5) is 36.5. The molecule has 1 aliphatic rings. The van der Waals surface area contributed by atoms with E-state index in [1.807, 2.05) is 60.7 Å². The standard InChI is InChI=1S/C29H19N3O2/c1-18(33)32-27-13-7-4-10-23(27)29(34)28(32)17-19-16-24(22-9-3-6-12-26(22)31-19)20-14-15-30-25-11-5-2-8-21(20)25/h2-17H,1H3. The Kier molecular flexibility index (Phi) is 4.56. The molecular formula is C29H19N3O2. The fraction of sp³-hybridized carbons (Fsp3) is 0.0345. The van der Waals surface area contributed by atoms with E-state index in [2.05, 4.69) is 11.1 Å². The van der Waals surface area contributed by atoms with E-state index >= 15 is 0 Å². The second-order valence-corrected chi connectivity index (χ2v) is 8.22. The summed E-state index contributed by atoms with van der Waals surface area (Å²) >= 11 is 0. The monoisotopic (exact) mass is 441 g/mol. The number of carbonyl (C=O) groups is 2. The Morgan fingerprint density at radius 1 is 0.794 bits per heavy atom. The molecule has 0 saturated carbocycles. The Morgan fingerprint density at radius 2 is 1.47 bits per heavy atom. The van der Waals surface area contributed by atoms with E-state index in [9.17, 15) is 9.59 Å². The molecule has 0 atom stereocenters. The lowest BCUT2D eigenvalue weighted by Gasteiger charge is -2.16. The highest BCUT2D eigenvalue weighted by atomic mass is 16.2. The first-order valence-corrected chi connectivity index (χ1v) is 11.0. The Labute approximate surface area is 196 Å². The fourth-order valence-corrected chi connectivity index (χ4v) is 4.66. The minimum Gasteiger partial charge on any atom is -0.287 e. The largest absolute Gasteiger partial charge is 0.287 e. The molecule has 0 fully saturated rings. The Bertz CT molecular complexity index is 1660. The number of aromatic nitrogens is 2. The molecule has 5 nitrogen and oxygen atoms in total. The third-order valence-corrected chi connectivity index (χ3v) is 6.14. The van der Waals surface area contributed by atoms with Gasteiger partial charge in [-0.05, 0) is 53.6 Å². The van der Waals surface area contributed by atoms with Crippen LogP contribution in [0.25, 0.3) is 39.0 Å². The van der Waals surface area contributed by atoms with Crippen molar-refractivity contribution in [2.24, 2.45) is 0 Å². The van der Waals surface area contributed by atoms with Crippen LogP contribution in [0.2, 0.25) is 0 Å². The summed E-state index contributed by atoms with van der Waals surface area (Å²) in [6, 6.07) is 27.1. The Morgan fingerprint density at radius 3 is 2.26 bits per heavy atom. The van der Waals surface area contributed by atoms with Gasteiger partial charge in [-0.1, -0.05) is 48.5 Å². The lowest BCUT2D eigenvalue weighted by atomic mass is 9.97. The lowest BCUT2D eigenvalue weighted by Crippen LogP contribution is -2.25. The molecule has 3 heterocycles. The molecule has 0 spiro atoms. The first-order valence-electron chi connectivity index (χ1n) is 11.0. The Balaban J connectivity index is 1.60. The number of pyridine rings is 2. The number of ketones is 1. The van der Waals surface area contributed by atoms with Crippen LogP contribution in [-0.2, 0) is 4.79 Å². The molecule has 0 bridgehead atoms. The van der Waals surface area contributed by atoms with Crippen molar-refractivity contribution in [1.29, 1.82) is 0 Å². The maximum absolute atomic E-state index is 13.2. The zero-order chi connectivity index (χ0) is 23.2. The number of hydrogen-bond donors (Lipinski definition) is 0. The SMILES string of the molecule is CC(=O)N1C(=Cc2cc(-c3ccnc4ccccc34)c3ccccc3n2)C(=O)c2ccccc21. The van der Waals surface area contributed by atoms with E-state index in [-0.39, 0.29) is 11.7 Å². The number of carbonyl (C=O) groups excluding carboxylic acids is 2. The molecular weight excluding hydrogens is 422 g/mol. The van der Waals surface area contributed by atoms with Crippen LogP contribution in [-0.4, -0.2) is 21.7 Å². The van der Waals surface area contributed by atoms with Gasteiger partial charge in [0.2, 0.25) is 11.7 Å². The van der Waals surface area contributed by atoms with Crippen LogP contribution in [0, 0.1) is 0 Å². The van der Waals surface area contributed by atoms with Gasteiger partial charge in [-0.2, -0.15) is 0 Å². The highest BCUT2D eigenvalue weighted by molar-refractivity contribution is 6.26. The molecule has 5 heteroatoms. The molecule has 1 aliphatic heterocycles. The number of anilines is 1. The van der Waals surface area contributed by atoms with Gasteiger partial charge in [0.05, 0.1) is 28.1 Å². The van der Waals surface area contributed by atoms with Crippen LogP contribution >= 0.6 is 0 Å². The van der Waals surface area contributed by atoms with Crippen molar-refractivity contribution in [2.75, 3.05) is 4.90 Å². The van der Waals surface area contributed by atoms with Crippen molar-refractivity contribution in [1.82, 2.24) is 9.97 Å². The van der Waals surface area contributed by atoms with Gasteiger partial charge in [0, 0.05) is 29.5 Å². The topological polar surface area (TPSA) is 63.2 Å². The van der Waals surface area contributed by atoms with Crippen LogP contribution < -0.4 is 4.90 Å². The van der Waals surface area contributed by atoms with Gasteiger partial charge < -0.3 is 0 Å². The van der Waals surface area contributed by atoms with Gasteiger partial charge in [-0.25, -0.2) is 4.98 Å². The van der Waals surface area contributed by atoms with Gasteiger partial charge in [0.15, 0.2) is 0 Å². The number of fused-ring (bicyclic) bond motifs is 3. The van der Waals surface area contributed by atoms with Crippen molar-refractivity contribution in [2.45, 2.75) is 6.92 Å². The number of amides is 1. The number of allylic oxidation sites excluding steroid dienone is 1. The third-order valence-electron chi connectivity index (χ3n) is 6.14. The predicted molar refractivity (Wildman–Crippen MR) is 134 cm³/mol. The van der Waals surface area contributed by atoms with Crippen molar-refractivity contribution >= 4 is 45.3 Å². The zero-order valence-electron chi connectivity index (χ0n) is 18.4. The van der Waals surface area contributed by atoms with Crippen LogP contribution in [0.1, 0.15) is 23.0 Å². The molecule has 0 aliphatic carbocycles. The van der Waals surface area contributed by atoms with Crippen molar-refractivity contribution in [3.63, 3.8) is 0 Å². The smallest absolute Gasteiger partial charge is 0.228 e. The van der Waals surface area contributed by atoms with Crippen LogP contribution in [0.4, 0.5) is 5.69 Å². The molecule has 0 saturated heterocycles. The molecule has 0 radical (unpaired) electrons. The molecule has 34 heavy (non-hydrogen) atoms. The minimum absolute atomic E-state index is 0.184. The molecule has 2 aromatic heterocycles. The Hall–Kier alpha value is -4.64. The van der Waals surface area contributed by atoms with E-state index in [0.29, 0.717) is 22.6 Å². The van der Waals surface area contributed by atoms with Gasteiger partial charge in [0.25, 0.3) is 0 Å². The summed E-state index contributed by atoms with van der Waals surface area (Å²) in [6.07, 6.45) is 3.52. The van der Waals surface area contributed by atoms with E-state index in [1.165, 1.54) is 11.8 Å². The van der Waals surface area contributed by atoms with Gasteiger partial charge in [-0.15, -0.1) is 0 Å². The van der Waals surface area contributed by atoms with Crippen LogP contribution in [0.5, 0.6) is 0 Å². The summed E-state index contributed by atoms with van der Waals surface area (Å²) < 4.78 is 0. The van der Waals surface area contributed by atoms with Gasteiger partial charge in [0.1, 0.15) is 0 Å². The van der Waals surface area contributed by atoms with Crippen molar-refractivity contribution in [3.05, 3.63) is 108 Å². The van der Waals surface area contributed by atoms with Crippen LogP contribution in [0.3, 0.4) is 0 Å². The quantitative estimate of drug-likeness (QED) is 0.313. The van der Waals surface area contributed by atoms with Crippen molar-refractivity contribution in [3.8, 4) is 11.1 Å². The summed E-state index contributed by atoms with van der Waals surface area (Å²) in [5, 5.41) is 2.04. The number of rotatable bonds is 2. The molecule has 6 rings (SSSR count). The van der Waals surface area contributed by atoms with E-state index in [0.717, 1.165) is 32.9 Å². The minimum atomic E-state index is -0.217. The number of benzene rings is 3. The van der Waals surface area contributed by atoms with E-state index < -0.39 is 0 Å². The predicted octanol–water partition coefficient (Wildman–Crippen LogP) is 6.04. The van der Waals surface area contributed by atoms with Crippen LogP contribution in [0.15, 0.2) is 96.8 Å².